The summed E-state index contributed by atoms with van der Waals surface area (Å²) in [6.45, 7) is 4.95. The summed E-state index contributed by atoms with van der Waals surface area (Å²) in [6.07, 6.45) is 1.84. The highest BCUT2D eigenvalue weighted by Crippen LogP contribution is 2.33. The van der Waals surface area contributed by atoms with Crippen LogP contribution < -0.4 is 0 Å². The van der Waals surface area contributed by atoms with E-state index in [9.17, 15) is 14.7 Å². The highest BCUT2D eigenvalue weighted by atomic mass is 16.3. The van der Waals surface area contributed by atoms with Crippen molar-refractivity contribution in [2.75, 3.05) is 13.1 Å². The Hall–Kier alpha value is -2.82. The van der Waals surface area contributed by atoms with Crippen LogP contribution in [0.15, 0.2) is 42.5 Å². The zero-order chi connectivity index (χ0) is 19.1. The van der Waals surface area contributed by atoms with E-state index in [0.29, 0.717) is 29.8 Å². The smallest absolute Gasteiger partial charge is 0.254 e. The van der Waals surface area contributed by atoms with Crippen LogP contribution in [0.2, 0.25) is 0 Å². The average Bonchev–Trinajstić information content (AvgIpc) is 2.92. The van der Waals surface area contributed by atoms with E-state index in [-0.39, 0.29) is 29.6 Å². The lowest BCUT2D eigenvalue weighted by atomic mass is 10.1. The van der Waals surface area contributed by atoms with Crippen molar-refractivity contribution >= 4 is 11.8 Å². The maximum absolute atomic E-state index is 13.0. The van der Waals surface area contributed by atoms with Gasteiger partial charge in [0, 0.05) is 24.2 Å². The molecule has 140 valence electrons. The predicted octanol–water partition coefficient (Wildman–Crippen LogP) is 3.14. The van der Waals surface area contributed by atoms with Gasteiger partial charge in [-0.1, -0.05) is 17.7 Å². The van der Waals surface area contributed by atoms with E-state index in [4.69, 9.17) is 0 Å². The largest absolute Gasteiger partial charge is 0.508 e. The molecule has 2 atom stereocenters. The maximum Gasteiger partial charge on any atom is 0.254 e. The van der Waals surface area contributed by atoms with Crippen molar-refractivity contribution in [1.29, 1.82) is 0 Å². The highest BCUT2D eigenvalue weighted by molar-refractivity contribution is 5.97. The Morgan fingerprint density at radius 2 is 1.48 bits per heavy atom. The van der Waals surface area contributed by atoms with E-state index in [2.05, 4.69) is 0 Å². The minimum absolute atomic E-state index is 0.00645. The second-order valence-corrected chi connectivity index (χ2v) is 7.67. The molecule has 5 nitrogen and oxygen atoms in total. The third-order valence-corrected chi connectivity index (χ3v) is 5.75. The second-order valence-electron chi connectivity index (χ2n) is 7.67. The average molecular weight is 364 g/mol. The van der Waals surface area contributed by atoms with Crippen LogP contribution in [0.1, 0.15) is 44.7 Å². The van der Waals surface area contributed by atoms with E-state index in [1.807, 2.05) is 41.0 Å². The fourth-order valence-corrected chi connectivity index (χ4v) is 4.22. The molecule has 2 aliphatic rings. The molecule has 2 aromatic carbocycles. The van der Waals surface area contributed by atoms with Crippen LogP contribution in [0.3, 0.4) is 0 Å². The second kappa shape index (κ2) is 6.72. The number of rotatable bonds is 2. The third kappa shape index (κ3) is 3.18. The molecule has 0 unspecified atom stereocenters. The fraction of sp³-hybridized carbons (Fsp3) is 0.364. The van der Waals surface area contributed by atoms with Gasteiger partial charge in [0.25, 0.3) is 11.8 Å². The van der Waals surface area contributed by atoms with Crippen LogP contribution in [-0.4, -0.2) is 51.9 Å². The number of amides is 2. The number of carbonyl (C=O) groups is 2. The van der Waals surface area contributed by atoms with Gasteiger partial charge < -0.3 is 14.9 Å². The van der Waals surface area contributed by atoms with E-state index in [0.717, 1.165) is 18.4 Å². The van der Waals surface area contributed by atoms with Crippen molar-refractivity contribution < 1.29 is 14.7 Å². The molecule has 2 bridgehead atoms. The first-order valence-electron chi connectivity index (χ1n) is 9.42. The van der Waals surface area contributed by atoms with Crippen molar-refractivity contribution in [2.45, 2.75) is 38.8 Å². The maximum atomic E-state index is 13.0. The Kier molecular flexibility index (Phi) is 4.38. The first-order valence-corrected chi connectivity index (χ1v) is 9.42. The fourth-order valence-electron chi connectivity index (χ4n) is 4.22. The molecular weight excluding hydrogens is 340 g/mol. The van der Waals surface area contributed by atoms with E-state index < -0.39 is 0 Å². The molecule has 2 amide bonds. The highest BCUT2D eigenvalue weighted by Gasteiger charge is 2.44. The first-order chi connectivity index (χ1) is 12.9. The molecule has 0 radical (unpaired) electrons. The van der Waals surface area contributed by atoms with Crippen LogP contribution in [0.4, 0.5) is 0 Å². The van der Waals surface area contributed by atoms with Crippen LogP contribution in [-0.2, 0) is 0 Å². The summed E-state index contributed by atoms with van der Waals surface area (Å²) in [4.78, 5) is 29.7. The number of aryl methyl sites for hydroxylation is 2. The van der Waals surface area contributed by atoms with Gasteiger partial charge in [0.2, 0.25) is 0 Å². The molecule has 2 heterocycles. The number of benzene rings is 2. The van der Waals surface area contributed by atoms with E-state index in [1.54, 1.807) is 25.1 Å². The molecule has 0 saturated carbocycles. The van der Waals surface area contributed by atoms with Crippen molar-refractivity contribution in [2.24, 2.45) is 0 Å². The van der Waals surface area contributed by atoms with Crippen LogP contribution >= 0.6 is 0 Å². The predicted molar refractivity (Wildman–Crippen MR) is 103 cm³/mol. The lowest BCUT2D eigenvalue weighted by Crippen LogP contribution is -2.57. The molecule has 1 N–H and O–H groups in total. The molecule has 4 rings (SSSR count). The van der Waals surface area contributed by atoms with Crippen LogP contribution in [0, 0.1) is 13.8 Å². The van der Waals surface area contributed by atoms with Crippen LogP contribution in [0.25, 0.3) is 0 Å². The number of likely N-dealkylation sites (tertiary alicyclic amines) is 1. The summed E-state index contributed by atoms with van der Waals surface area (Å²) in [5.74, 6) is 0.232. The van der Waals surface area contributed by atoms with Gasteiger partial charge in [0.1, 0.15) is 5.75 Å². The summed E-state index contributed by atoms with van der Waals surface area (Å²) in [5, 5.41) is 9.70. The summed E-state index contributed by atoms with van der Waals surface area (Å²) in [7, 11) is 0. The number of nitrogens with zero attached hydrogens (tertiary/aromatic N) is 2. The van der Waals surface area contributed by atoms with Crippen molar-refractivity contribution in [3.8, 4) is 5.75 Å². The summed E-state index contributed by atoms with van der Waals surface area (Å²) >= 11 is 0. The molecule has 27 heavy (non-hydrogen) atoms. The number of carbonyl (C=O) groups excluding carboxylic acids is 2. The monoisotopic (exact) mass is 364 g/mol. The molecule has 2 saturated heterocycles. The SMILES string of the molecule is Cc1ccc(C(=O)N2C[C@H]3CC[C@@H](C2)N3C(=O)c2ccc(O)c(C)c2)cc1. The number of phenolic OH excluding ortho intramolecular Hbond substituents is 1. The van der Waals surface area contributed by atoms with Gasteiger partial charge in [-0.2, -0.15) is 0 Å². The van der Waals surface area contributed by atoms with Gasteiger partial charge in [-0.15, -0.1) is 0 Å². The third-order valence-electron chi connectivity index (χ3n) is 5.75. The number of fused-ring (bicyclic) bond motifs is 2. The Morgan fingerprint density at radius 1 is 0.889 bits per heavy atom. The number of piperazine rings is 1. The zero-order valence-electron chi connectivity index (χ0n) is 15.7. The number of aromatic hydroxyl groups is 1. The quantitative estimate of drug-likeness (QED) is 0.891. The molecule has 0 aliphatic carbocycles. The Balaban J connectivity index is 1.51. The van der Waals surface area contributed by atoms with E-state index in [1.165, 1.54) is 0 Å². The minimum atomic E-state index is -0.00645. The molecule has 0 spiro atoms. The summed E-state index contributed by atoms with van der Waals surface area (Å²) < 4.78 is 0. The van der Waals surface area contributed by atoms with Gasteiger partial charge in [-0.25, -0.2) is 0 Å². The molecular formula is C22H24N2O3. The summed E-state index contributed by atoms with van der Waals surface area (Å²) in [5.41, 5.74) is 3.13. The molecule has 2 aliphatic heterocycles. The number of phenols is 1. The zero-order valence-corrected chi connectivity index (χ0v) is 15.7. The van der Waals surface area contributed by atoms with Gasteiger partial charge in [-0.3, -0.25) is 9.59 Å². The van der Waals surface area contributed by atoms with Crippen molar-refractivity contribution in [1.82, 2.24) is 9.80 Å². The van der Waals surface area contributed by atoms with Crippen molar-refractivity contribution in [3.05, 3.63) is 64.7 Å². The van der Waals surface area contributed by atoms with E-state index >= 15 is 0 Å². The lowest BCUT2D eigenvalue weighted by molar-refractivity contribution is 0.0360. The van der Waals surface area contributed by atoms with Gasteiger partial charge >= 0.3 is 0 Å². The Bertz CT molecular complexity index is 877. The van der Waals surface area contributed by atoms with Gasteiger partial charge in [-0.05, 0) is 62.6 Å². The number of hydrogen-bond acceptors (Lipinski definition) is 3. The normalized spacial score (nSPS) is 21.4. The van der Waals surface area contributed by atoms with Gasteiger partial charge in [0.05, 0.1) is 12.1 Å². The minimum Gasteiger partial charge on any atom is -0.508 e. The molecule has 0 aromatic heterocycles. The standard InChI is InChI=1S/C22H24N2O3/c1-14-3-5-16(6-4-14)21(26)23-12-18-8-9-19(13-23)24(18)22(27)17-7-10-20(25)15(2)11-17/h3-7,10-11,18-19,25H,8-9,12-13H2,1-2H3/t18-,19+. The molecule has 2 aromatic rings. The topological polar surface area (TPSA) is 60.9 Å². The number of hydrogen-bond donors (Lipinski definition) is 1. The lowest BCUT2D eigenvalue weighted by Gasteiger charge is -2.41. The molecule has 2 fully saturated rings. The van der Waals surface area contributed by atoms with Crippen LogP contribution in [0.5, 0.6) is 5.75 Å². The summed E-state index contributed by atoms with van der Waals surface area (Å²) in [6, 6.07) is 12.7. The molecule has 5 heteroatoms. The Labute approximate surface area is 159 Å². The first kappa shape index (κ1) is 17.6. The van der Waals surface area contributed by atoms with Crippen molar-refractivity contribution in [3.63, 3.8) is 0 Å². The Morgan fingerprint density at radius 3 is 2.07 bits per heavy atom. The van der Waals surface area contributed by atoms with Gasteiger partial charge in [0.15, 0.2) is 0 Å².